The Kier molecular flexibility index (Phi) is 4.80. The van der Waals surface area contributed by atoms with Gasteiger partial charge in [-0.1, -0.05) is 0 Å². The lowest BCUT2D eigenvalue weighted by atomic mass is 10.1. The van der Waals surface area contributed by atoms with Gasteiger partial charge in [-0.2, -0.15) is 0 Å². The Balaban J connectivity index is 1.65. The van der Waals surface area contributed by atoms with Crippen LogP contribution in [0.5, 0.6) is 0 Å². The fraction of sp³-hybridized carbons (Fsp3) is 0.923. The lowest BCUT2D eigenvalue weighted by Crippen LogP contribution is -2.44. The minimum atomic E-state index is 0.258. The van der Waals surface area contributed by atoms with Crippen LogP contribution in [0.15, 0.2) is 0 Å². The van der Waals surface area contributed by atoms with Crippen molar-refractivity contribution in [3.05, 3.63) is 0 Å². The van der Waals surface area contributed by atoms with Crippen LogP contribution in [-0.2, 0) is 9.53 Å². The zero-order valence-corrected chi connectivity index (χ0v) is 10.8. The molecule has 1 amide bonds. The molecule has 17 heavy (non-hydrogen) atoms. The summed E-state index contributed by atoms with van der Waals surface area (Å²) in [7, 11) is 0. The van der Waals surface area contributed by atoms with Crippen molar-refractivity contribution in [3.8, 4) is 0 Å². The maximum absolute atomic E-state index is 12.0. The van der Waals surface area contributed by atoms with E-state index in [4.69, 9.17) is 4.74 Å². The Morgan fingerprint density at radius 3 is 2.94 bits per heavy atom. The van der Waals surface area contributed by atoms with Crippen LogP contribution in [0, 0.1) is 0 Å². The largest absolute Gasteiger partial charge is 0.377 e. The van der Waals surface area contributed by atoms with E-state index in [1.54, 1.807) is 0 Å². The third kappa shape index (κ3) is 4.28. The van der Waals surface area contributed by atoms with Crippen LogP contribution >= 0.6 is 0 Å². The lowest BCUT2D eigenvalue weighted by molar-refractivity contribution is -0.135. The summed E-state index contributed by atoms with van der Waals surface area (Å²) in [6.45, 7) is 5.29. The molecule has 98 valence electrons. The number of hydrogen-bond donors (Lipinski definition) is 1. The van der Waals surface area contributed by atoms with Gasteiger partial charge < -0.3 is 15.0 Å². The summed E-state index contributed by atoms with van der Waals surface area (Å²) in [5, 5.41) is 3.38. The summed E-state index contributed by atoms with van der Waals surface area (Å²) in [5.74, 6) is 0.280. The van der Waals surface area contributed by atoms with E-state index in [1.165, 1.54) is 12.8 Å². The second-order valence-electron chi connectivity index (χ2n) is 5.04. The van der Waals surface area contributed by atoms with Gasteiger partial charge in [0, 0.05) is 38.7 Å². The van der Waals surface area contributed by atoms with Crippen LogP contribution in [-0.4, -0.2) is 49.2 Å². The Labute approximate surface area is 104 Å². The molecule has 1 N–H and O–H groups in total. The highest BCUT2D eigenvalue weighted by Gasteiger charge is 2.24. The third-order valence-electron chi connectivity index (χ3n) is 3.48. The average Bonchev–Trinajstić information content (AvgIpc) is 3.14. The minimum Gasteiger partial charge on any atom is -0.377 e. The molecule has 0 aromatic carbocycles. The first-order valence-electron chi connectivity index (χ1n) is 6.92. The number of carbonyl (C=O) groups excluding carboxylic acids is 1. The molecule has 0 bridgehead atoms. The van der Waals surface area contributed by atoms with E-state index < -0.39 is 0 Å². The van der Waals surface area contributed by atoms with E-state index in [2.05, 4.69) is 5.32 Å². The zero-order valence-electron chi connectivity index (χ0n) is 10.8. The second kappa shape index (κ2) is 6.36. The highest BCUT2D eigenvalue weighted by molar-refractivity contribution is 5.76. The molecule has 0 spiro atoms. The van der Waals surface area contributed by atoms with Crippen LogP contribution in [0.3, 0.4) is 0 Å². The van der Waals surface area contributed by atoms with Gasteiger partial charge in [0.15, 0.2) is 0 Å². The van der Waals surface area contributed by atoms with Gasteiger partial charge in [-0.05, 0) is 32.6 Å². The van der Waals surface area contributed by atoms with E-state index in [-0.39, 0.29) is 12.0 Å². The molecular weight excluding hydrogens is 216 g/mol. The van der Waals surface area contributed by atoms with Crippen LogP contribution in [0.1, 0.15) is 39.0 Å². The number of amides is 1. The summed E-state index contributed by atoms with van der Waals surface area (Å²) in [6, 6.07) is 0.695. The highest BCUT2D eigenvalue weighted by Crippen LogP contribution is 2.18. The first kappa shape index (κ1) is 12.8. The van der Waals surface area contributed by atoms with E-state index in [9.17, 15) is 4.79 Å². The van der Waals surface area contributed by atoms with Gasteiger partial charge in [-0.3, -0.25) is 4.79 Å². The first-order chi connectivity index (χ1) is 8.29. The Morgan fingerprint density at radius 1 is 1.41 bits per heavy atom. The standard InChI is InChI=1S/C13H24N2O2/c1-2-17-12-4-3-9-15(10-12)13(16)7-8-14-11-5-6-11/h11-12,14H,2-10H2,1H3. The molecule has 1 heterocycles. The van der Waals surface area contributed by atoms with E-state index in [1.807, 2.05) is 11.8 Å². The zero-order chi connectivity index (χ0) is 12.1. The van der Waals surface area contributed by atoms with E-state index in [0.717, 1.165) is 39.1 Å². The summed E-state index contributed by atoms with van der Waals surface area (Å²) in [5.41, 5.74) is 0. The fourth-order valence-corrected chi connectivity index (χ4v) is 2.37. The van der Waals surface area contributed by atoms with Crippen molar-refractivity contribution >= 4 is 5.91 Å². The average molecular weight is 240 g/mol. The van der Waals surface area contributed by atoms with Crippen LogP contribution < -0.4 is 5.32 Å². The molecule has 0 aromatic rings. The van der Waals surface area contributed by atoms with Gasteiger partial charge in [0.1, 0.15) is 0 Å². The lowest BCUT2D eigenvalue weighted by Gasteiger charge is -2.32. The Hall–Kier alpha value is -0.610. The molecule has 1 saturated carbocycles. The molecule has 0 radical (unpaired) electrons. The summed E-state index contributed by atoms with van der Waals surface area (Å²) in [6.07, 6.45) is 5.63. The van der Waals surface area contributed by atoms with E-state index >= 15 is 0 Å². The van der Waals surface area contributed by atoms with Crippen molar-refractivity contribution in [1.29, 1.82) is 0 Å². The fourth-order valence-electron chi connectivity index (χ4n) is 2.37. The normalized spacial score (nSPS) is 25.0. The smallest absolute Gasteiger partial charge is 0.223 e. The highest BCUT2D eigenvalue weighted by atomic mass is 16.5. The van der Waals surface area contributed by atoms with Crippen molar-refractivity contribution in [1.82, 2.24) is 10.2 Å². The van der Waals surface area contributed by atoms with Crippen molar-refractivity contribution in [2.24, 2.45) is 0 Å². The molecule has 2 fully saturated rings. The number of nitrogens with zero attached hydrogens (tertiary/aromatic N) is 1. The molecule has 1 saturated heterocycles. The SMILES string of the molecule is CCOC1CCCN(C(=O)CCNC2CC2)C1. The van der Waals surface area contributed by atoms with E-state index in [0.29, 0.717) is 12.5 Å². The van der Waals surface area contributed by atoms with Gasteiger partial charge in [0.05, 0.1) is 6.10 Å². The minimum absolute atomic E-state index is 0.258. The molecule has 4 nitrogen and oxygen atoms in total. The van der Waals surface area contributed by atoms with Gasteiger partial charge in [-0.15, -0.1) is 0 Å². The maximum Gasteiger partial charge on any atom is 0.223 e. The van der Waals surface area contributed by atoms with Crippen LogP contribution in [0.4, 0.5) is 0 Å². The molecule has 1 unspecified atom stereocenters. The van der Waals surface area contributed by atoms with Crippen molar-refractivity contribution in [2.45, 2.75) is 51.2 Å². The molecule has 1 aliphatic carbocycles. The van der Waals surface area contributed by atoms with Crippen LogP contribution in [0.25, 0.3) is 0 Å². The van der Waals surface area contributed by atoms with Gasteiger partial charge >= 0.3 is 0 Å². The summed E-state index contributed by atoms with van der Waals surface area (Å²) >= 11 is 0. The summed E-state index contributed by atoms with van der Waals surface area (Å²) in [4.78, 5) is 14.0. The monoisotopic (exact) mass is 240 g/mol. The predicted molar refractivity (Wildman–Crippen MR) is 66.9 cm³/mol. The molecule has 2 rings (SSSR count). The van der Waals surface area contributed by atoms with Crippen molar-refractivity contribution in [3.63, 3.8) is 0 Å². The Bertz CT molecular complexity index is 252. The maximum atomic E-state index is 12.0. The van der Waals surface area contributed by atoms with Gasteiger partial charge in [0.2, 0.25) is 5.91 Å². The van der Waals surface area contributed by atoms with Crippen LogP contribution in [0.2, 0.25) is 0 Å². The molecule has 1 aliphatic heterocycles. The quantitative estimate of drug-likeness (QED) is 0.757. The number of nitrogens with one attached hydrogen (secondary N) is 1. The molecule has 1 atom stereocenters. The molecule has 2 aliphatic rings. The predicted octanol–water partition coefficient (Wildman–Crippen LogP) is 1.16. The molecule has 4 heteroatoms. The second-order valence-corrected chi connectivity index (χ2v) is 5.04. The summed E-state index contributed by atoms with van der Waals surface area (Å²) < 4.78 is 5.61. The molecular formula is C13H24N2O2. The number of ether oxygens (including phenoxy) is 1. The number of carbonyl (C=O) groups is 1. The van der Waals surface area contributed by atoms with Crippen molar-refractivity contribution in [2.75, 3.05) is 26.2 Å². The first-order valence-corrected chi connectivity index (χ1v) is 6.92. The third-order valence-corrected chi connectivity index (χ3v) is 3.48. The van der Waals surface area contributed by atoms with Crippen molar-refractivity contribution < 1.29 is 9.53 Å². The topological polar surface area (TPSA) is 41.6 Å². The molecule has 0 aromatic heterocycles. The van der Waals surface area contributed by atoms with Gasteiger partial charge in [-0.25, -0.2) is 0 Å². The number of likely N-dealkylation sites (tertiary alicyclic amines) is 1. The number of piperidine rings is 1. The number of hydrogen-bond acceptors (Lipinski definition) is 3. The van der Waals surface area contributed by atoms with Gasteiger partial charge in [0.25, 0.3) is 0 Å². The number of rotatable bonds is 6. The Morgan fingerprint density at radius 2 is 2.24 bits per heavy atom.